The van der Waals surface area contributed by atoms with Gasteiger partial charge in [0.05, 0.1) is 11.5 Å². The summed E-state index contributed by atoms with van der Waals surface area (Å²) in [5, 5.41) is 19.5. The van der Waals surface area contributed by atoms with Gasteiger partial charge in [-0.25, -0.2) is 0 Å². The van der Waals surface area contributed by atoms with Crippen LogP contribution in [0.3, 0.4) is 0 Å². The van der Waals surface area contributed by atoms with Gasteiger partial charge in [0.1, 0.15) is 0 Å². The maximum absolute atomic E-state index is 10.8. The van der Waals surface area contributed by atoms with E-state index >= 15 is 0 Å². The average molecular weight is 253 g/mol. The lowest BCUT2D eigenvalue weighted by molar-refractivity contribution is -0.385. The lowest BCUT2D eigenvalue weighted by Crippen LogP contribution is -2.02. The summed E-state index contributed by atoms with van der Waals surface area (Å²) in [5.74, 6) is 0.365. The number of rotatable bonds is 8. The number of aryl methyl sites for hydroxylation is 1. The molecule has 0 aliphatic rings. The Balaban J connectivity index is 2.48. The Bertz CT molecular complexity index is 393. The van der Waals surface area contributed by atoms with E-state index in [1.165, 1.54) is 6.07 Å². The highest BCUT2D eigenvalue weighted by Crippen LogP contribution is 2.30. The second kappa shape index (κ2) is 7.66. The van der Waals surface area contributed by atoms with Crippen LogP contribution in [0.25, 0.3) is 0 Å². The zero-order valence-electron chi connectivity index (χ0n) is 10.6. The third-order valence-electron chi connectivity index (χ3n) is 2.69. The highest BCUT2D eigenvalue weighted by molar-refractivity contribution is 5.51. The molecule has 0 aliphatic heterocycles. The van der Waals surface area contributed by atoms with Gasteiger partial charge in [0.25, 0.3) is 0 Å². The molecule has 0 spiro atoms. The van der Waals surface area contributed by atoms with Crippen LogP contribution < -0.4 is 4.74 Å². The molecular weight excluding hydrogens is 234 g/mol. The molecule has 5 heteroatoms. The number of hydrogen-bond donors (Lipinski definition) is 1. The van der Waals surface area contributed by atoms with Crippen LogP contribution in [0.1, 0.15) is 31.2 Å². The molecule has 0 atom stereocenters. The Hall–Kier alpha value is -1.62. The maximum Gasteiger partial charge on any atom is 0.311 e. The molecule has 1 aromatic carbocycles. The number of aliphatic hydroxyl groups is 1. The minimum Gasteiger partial charge on any atom is -0.487 e. The van der Waals surface area contributed by atoms with Crippen molar-refractivity contribution in [1.29, 1.82) is 0 Å². The van der Waals surface area contributed by atoms with Crippen LogP contribution in [0, 0.1) is 17.0 Å². The molecule has 0 fully saturated rings. The third kappa shape index (κ3) is 4.33. The van der Waals surface area contributed by atoms with Gasteiger partial charge in [-0.2, -0.15) is 0 Å². The average Bonchev–Trinajstić information content (AvgIpc) is 2.34. The highest BCUT2D eigenvalue weighted by atomic mass is 16.6. The van der Waals surface area contributed by atoms with Crippen molar-refractivity contribution in [2.24, 2.45) is 0 Å². The molecule has 0 radical (unpaired) electrons. The van der Waals surface area contributed by atoms with E-state index in [1.54, 1.807) is 19.1 Å². The quantitative estimate of drug-likeness (QED) is 0.439. The number of nitro benzene ring substituents is 1. The first kappa shape index (κ1) is 14.4. The van der Waals surface area contributed by atoms with Crippen molar-refractivity contribution in [3.05, 3.63) is 33.9 Å². The molecule has 5 nitrogen and oxygen atoms in total. The number of hydrogen-bond acceptors (Lipinski definition) is 4. The van der Waals surface area contributed by atoms with E-state index < -0.39 is 4.92 Å². The van der Waals surface area contributed by atoms with Gasteiger partial charge in [-0.3, -0.25) is 10.1 Å². The summed E-state index contributed by atoms with van der Waals surface area (Å²) >= 11 is 0. The Kier molecular flexibility index (Phi) is 6.14. The van der Waals surface area contributed by atoms with Crippen molar-refractivity contribution < 1.29 is 14.8 Å². The van der Waals surface area contributed by atoms with Crippen LogP contribution in [0.15, 0.2) is 18.2 Å². The van der Waals surface area contributed by atoms with E-state index in [4.69, 9.17) is 9.84 Å². The molecular formula is C13H19NO4. The summed E-state index contributed by atoms with van der Waals surface area (Å²) in [7, 11) is 0. The molecule has 1 aromatic rings. The normalized spacial score (nSPS) is 10.3. The summed E-state index contributed by atoms with van der Waals surface area (Å²) in [5.41, 5.74) is 0.796. The first-order valence-electron chi connectivity index (χ1n) is 6.14. The molecule has 0 aliphatic carbocycles. The Morgan fingerprint density at radius 1 is 1.28 bits per heavy atom. The van der Waals surface area contributed by atoms with Crippen LogP contribution in [-0.4, -0.2) is 23.2 Å². The van der Waals surface area contributed by atoms with Gasteiger partial charge in [-0.1, -0.05) is 18.6 Å². The number of para-hydroxylation sites is 1. The molecule has 0 saturated heterocycles. The molecule has 0 bridgehead atoms. The van der Waals surface area contributed by atoms with E-state index in [-0.39, 0.29) is 12.3 Å². The largest absolute Gasteiger partial charge is 0.487 e. The van der Waals surface area contributed by atoms with Crippen LogP contribution in [0.2, 0.25) is 0 Å². The second-order valence-electron chi connectivity index (χ2n) is 4.17. The zero-order chi connectivity index (χ0) is 13.4. The van der Waals surface area contributed by atoms with E-state index in [0.29, 0.717) is 12.4 Å². The molecule has 0 saturated carbocycles. The Morgan fingerprint density at radius 2 is 2.00 bits per heavy atom. The van der Waals surface area contributed by atoms with Crippen LogP contribution in [-0.2, 0) is 0 Å². The summed E-state index contributed by atoms with van der Waals surface area (Å²) in [6.07, 6.45) is 3.55. The lowest BCUT2D eigenvalue weighted by Gasteiger charge is -2.09. The number of benzene rings is 1. The van der Waals surface area contributed by atoms with E-state index in [1.807, 2.05) is 0 Å². The summed E-state index contributed by atoms with van der Waals surface area (Å²) < 4.78 is 5.51. The second-order valence-corrected chi connectivity index (χ2v) is 4.17. The van der Waals surface area contributed by atoms with E-state index in [0.717, 1.165) is 31.2 Å². The smallest absolute Gasteiger partial charge is 0.311 e. The molecule has 0 heterocycles. The van der Waals surface area contributed by atoms with Gasteiger partial charge in [0.2, 0.25) is 0 Å². The molecule has 1 rings (SSSR count). The van der Waals surface area contributed by atoms with Gasteiger partial charge in [0, 0.05) is 12.7 Å². The molecule has 0 unspecified atom stereocenters. The van der Waals surface area contributed by atoms with Crippen molar-refractivity contribution >= 4 is 5.69 Å². The molecule has 18 heavy (non-hydrogen) atoms. The van der Waals surface area contributed by atoms with Crippen LogP contribution in [0.4, 0.5) is 5.69 Å². The van der Waals surface area contributed by atoms with Gasteiger partial charge in [-0.15, -0.1) is 0 Å². The predicted molar refractivity (Wildman–Crippen MR) is 68.9 cm³/mol. The number of ether oxygens (including phenoxy) is 1. The van der Waals surface area contributed by atoms with Crippen molar-refractivity contribution in [2.45, 2.75) is 32.6 Å². The fourth-order valence-electron chi connectivity index (χ4n) is 1.71. The fourth-order valence-corrected chi connectivity index (χ4v) is 1.71. The maximum atomic E-state index is 10.8. The molecule has 0 amide bonds. The van der Waals surface area contributed by atoms with Gasteiger partial charge in [-0.05, 0) is 31.7 Å². The summed E-state index contributed by atoms with van der Waals surface area (Å²) in [4.78, 5) is 10.4. The first-order valence-corrected chi connectivity index (χ1v) is 6.14. The van der Waals surface area contributed by atoms with Gasteiger partial charge in [0.15, 0.2) is 5.75 Å². The topological polar surface area (TPSA) is 72.6 Å². The number of nitrogens with zero attached hydrogens (tertiary/aromatic N) is 1. The monoisotopic (exact) mass is 253 g/mol. The minimum atomic E-state index is -0.423. The Morgan fingerprint density at radius 3 is 2.67 bits per heavy atom. The summed E-state index contributed by atoms with van der Waals surface area (Å²) in [6.45, 7) is 2.48. The fraction of sp³-hybridized carbons (Fsp3) is 0.538. The predicted octanol–water partition coefficient (Wildman–Crippen LogP) is 2.83. The van der Waals surface area contributed by atoms with Crippen LogP contribution in [0.5, 0.6) is 5.75 Å². The minimum absolute atomic E-state index is 0.0189. The van der Waals surface area contributed by atoms with E-state index in [2.05, 4.69) is 0 Å². The van der Waals surface area contributed by atoms with Gasteiger partial charge < -0.3 is 9.84 Å². The number of aliphatic hydroxyl groups excluding tert-OH is 1. The van der Waals surface area contributed by atoms with Crippen molar-refractivity contribution in [3.8, 4) is 5.75 Å². The highest BCUT2D eigenvalue weighted by Gasteiger charge is 2.16. The lowest BCUT2D eigenvalue weighted by atomic mass is 10.2. The first-order chi connectivity index (χ1) is 8.66. The Labute approximate surface area is 107 Å². The third-order valence-corrected chi connectivity index (χ3v) is 2.69. The van der Waals surface area contributed by atoms with Crippen LogP contribution >= 0.6 is 0 Å². The van der Waals surface area contributed by atoms with Gasteiger partial charge >= 0.3 is 5.69 Å². The van der Waals surface area contributed by atoms with Crippen molar-refractivity contribution in [3.63, 3.8) is 0 Å². The summed E-state index contributed by atoms with van der Waals surface area (Å²) in [6, 6.07) is 4.91. The van der Waals surface area contributed by atoms with Crippen molar-refractivity contribution in [2.75, 3.05) is 13.2 Å². The molecule has 1 N–H and O–H groups in total. The molecule has 0 aromatic heterocycles. The number of nitro groups is 1. The SMILES string of the molecule is Cc1cccc([N+](=O)[O-])c1OCCCCCCO. The zero-order valence-corrected chi connectivity index (χ0v) is 10.6. The number of unbranched alkanes of at least 4 members (excludes halogenated alkanes) is 3. The van der Waals surface area contributed by atoms with Crippen molar-refractivity contribution in [1.82, 2.24) is 0 Å². The van der Waals surface area contributed by atoms with E-state index in [9.17, 15) is 10.1 Å². The standard InChI is InChI=1S/C13H19NO4/c1-11-7-6-8-12(14(16)17)13(11)18-10-5-3-2-4-9-15/h6-8,15H,2-5,9-10H2,1H3. The molecule has 100 valence electrons.